The number of nitrogens with one attached hydrogen (secondary N) is 1. The molecule has 1 aliphatic heterocycles. The molecule has 100 valence electrons. The molecule has 3 nitrogen and oxygen atoms in total. The number of morpholine rings is 1. The van der Waals surface area contributed by atoms with Crippen molar-refractivity contribution in [2.45, 2.75) is 12.5 Å². The number of likely N-dealkylation sites (N-methyl/N-ethyl adjacent to an activating group) is 1. The van der Waals surface area contributed by atoms with E-state index in [0.29, 0.717) is 6.04 Å². The van der Waals surface area contributed by atoms with Gasteiger partial charge in [-0.05, 0) is 25.1 Å². The van der Waals surface area contributed by atoms with E-state index in [9.17, 15) is 4.39 Å². The average molecular weight is 252 g/mol. The van der Waals surface area contributed by atoms with Crippen LogP contribution in [0.2, 0.25) is 0 Å². The van der Waals surface area contributed by atoms with Gasteiger partial charge in [0.1, 0.15) is 5.82 Å². The average Bonchev–Trinajstić information content (AvgIpc) is 2.39. The van der Waals surface area contributed by atoms with Gasteiger partial charge in [0.2, 0.25) is 0 Å². The van der Waals surface area contributed by atoms with Crippen LogP contribution >= 0.6 is 0 Å². The second kappa shape index (κ2) is 6.83. The van der Waals surface area contributed by atoms with Crippen LogP contribution in [-0.2, 0) is 11.2 Å². The molecule has 1 saturated heterocycles. The fourth-order valence-corrected chi connectivity index (χ4v) is 2.22. The van der Waals surface area contributed by atoms with Crippen molar-refractivity contribution < 1.29 is 9.13 Å². The molecule has 1 atom stereocenters. The van der Waals surface area contributed by atoms with Gasteiger partial charge in [0.05, 0.1) is 13.2 Å². The summed E-state index contributed by atoms with van der Waals surface area (Å²) in [5, 5.41) is 3.42. The lowest BCUT2D eigenvalue weighted by Gasteiger charge is -2.28. The molecule has 1 N–H and O–H groups in total. The van der Waals surface area contributed by atoms with Crippen LogP contribution in [0.15, 0.2) is 24.3 Å². The zero-order chi connectivity index (χ0) is 12.8. The van der Waals surface area contributed by atoms with E-state index in [-0.39, 0.29) is 5.82 Å². The Morgan fingerprint density at radius 3 is 3.00 bits per heavy atom. The SMILES string of the molecule is CN(CCc1ccccc1F)CC1COCCN1. The summed E-state index contributed by atoms with van der Waals surface area (Å²) < 4.78 is 18.9. The van der Waals surface area contributed by atoms with E-state index in [1.807, 2.05) is 12.1 Å². The van der Waals surface area contributed by atoms with Gasteiger partial charge in [-0.15, -0.1) is 0 Å². The number of hydrogen-bond donors (Lipinski definition) is 1. The molecule has 1 aromatic rings. The molecule has 0 amide bonds. The van der Waals surface area contributed by atoms with E-state index in [2.05, 4.69) is 17.3 Å². The highest BCUT2D eigenvalue weighted by molar-refractivity contribution is 5.17. The first-order valence-electron chi connectivity index (χ1n) is 6.49. The van der Waals surface area contributed by atoms with Gasteiger partial charge in [-0.2, -0.15) is 0 Å². The third-order valence-electron chi connectivity index (χ3n) is 3.25. The van der Waals surface area contributed by atoms with Gasteiger partial charge >= 0.3 is 0 Å². The van der Waals surface area contributed by atoms with E-state index in [4.69, 9.17) is 4.74 Å². The molecule has 1 fully saturated rings. The number of benzene rings is 1. The summed E-state index contributed by atoms with van der Waals surface area (Å²) in [4.78, 5) is 2.22. The maximum Gasteiger partial charge on any atom is 0.126 e. The molecule has 4 heteroatoms. The minimum absolute atomic E-state index is 0.106. The summed E-state index contributed by atoms with van der Waals surface area (Å²) >= 11 is 0. The van der Waals surface area contributed by atoms with Crippen molar-refractivity contribution >= 4 is 0 Å². The third kappa shape index (κ3) is 4.05. The van der Waals surface area contributed by atoms with Crippen LogP contribution in [0, 0.1) is 5.82 Å². The lowest BCUT2D eigenvalue weighted by atomic mass is 10.1. The fourth-order valence-electron chi connectivity index (χ4n) is 2.22. The molecule has 0 radical (unpaired) electrons. The maximum atomic E-state index is 13.4. The van der Waals surface area contributed by atoms with E-state index < -0.39 is 0 Å². The van der Waals surface area contributed by atoms with Crippen molar-refractivity contribution in [2.75, 3.05) is 39.9 Å². The lowest BCUT2D eigenvalue weighted by molar-refractivity contribution is 0.0654. The summed E-state index contributed by atoms with van der Waals surface area (Å²) in [6, 6.07) is 7.38. The Labute approximate surface area is 108 Å². The molecule has 0 saturated carbocycles. The number of rotatable bonds is 5. The van der Waals surface area contributed by atoms with Crippen molar-refractivity contribution in [1.82, 2.24) is 10.2 Å². The van der Waals surface area contributed by atoms with Gasteiger partial charge in [0.15, 0.2) is 0 Å². The largest absolute Gasteiger partial charge is 0.378 e. The van der Waals surface area contributed by atoms with Crippen LogP contribution in [0.3, 0.4) is 0 Å². The van der Waals surface area contributed by atoms with Crippen LogP contribution < -0.4 is 5.32 Å². The summed E-state index contributed by atoms with van der Waals surface area (Å²) in [6.45, 7) is 4.29. The Morgan fingerprint density at radius 1 is 1.44 bits per heavy atom. The highest BCUT2D eigenvalue weighted by atomic mass is 19.1. The molecule has 1 unspecified atom stereocenters. The summed E-state index contributed by atoms with van der Waals surface area (Å²) in [7, 11) is 2.07. The van der Waals surface area contributed by atoms with Crippen LogP contribution in [0.25, 0.3) is 0 Å². The maximum absolute atomic E-state index is 13.4. The van der Waals surface area contributed by atoms with Crippen molar-refractivity contribution in [1.29, 1.82) is 0 Å². The molecular weight excluding hydrogens is 231 g/mol. The molecule has 0 aromatic heterocycles. The molecule has 0 bridgehead atoms. The van der Waals surface area contributed by atoms with E-state index in [0.717, 1.165) is 44.8 Å². The normalized spacial score (nSPS) is 20.3. The first-order valence-corrected chi connectivity index (χ1v) is 6.49. The van der Waals surface area contributed by atoms with Crippen molar-refractivity contribution in [3.05, 3.63) is 35.6 Å². The summed E-state index contributed by atoms with van der Waals surface area (Å²) in [5.41, 5.74) is 0.789. The van der Waals surface area contributed by atoms with Crippen LogP contribution in [-0.4, -0.2) is 50.8 Å². The van der Waals surface area contributed by atoms with Crippen molar-refractivity contribution in [3.63, 3.8) is 0 Å². The first-order chi connectivity index (χ1) is 8.75. The molecule has 1 heterocycles. The Morgan fingerprint density at radius 2 is 2.28 bits per heavy atom. The lowest BCUT2D eigenvalue weighted by Crippen LogP contribution is -2.47. The third-order valence-corrected chi connectivity index (χ3v) is 3.25. The smallest absolute Gasteiger partial charge is 0.126 e. The van der Waals surface area contributed by atoms with Crippen LogP contribution in [0.4, 0.5) is 4.39 Å². The second-order valence-electron chi connectivity index (χ2n) is 4.83. The molecule has 1 aliphatic rings. The summed E-state index contributed by atoms with van der Waals surface area (Å²) in [5.74, 6) is -0.106. The molecule has 2 rings (SSSR count). The van der Waals surface area contributed by atoms with Gasteiger partial charge in [-0.3, -0.25) is 0 Å². The molecule has 0 spiro atoms. The van der Waals surface area contributed by atoms with E-state index >= 15 is 0 Å². The monoisotopic (exact) mass is 252 g/mol. The molecule has 0 aliphatic carbocycles. The highest BCUT2D eigenvalue weighted by Gasteiger charge is 2.14. The number of hydrogen-bond acceptors (Lipinski definition) is 3. The van der Waals surface area contributed by atoms with Gasteiger partial charge < -0.3 is 15.0 Å². The second-order valence-corrected chi connectivity index (χ2v) is 4.83. The fraction of sp³-hybridized carbons (Fsp3) is 0.571. The molecular formula is C14H21FN2O. The van der Waals surface area contributed by atoms with Crippen molar-refractivity contribution in [2.24, 2.45) is 0 Å². The zero-order valence-electron chi connectivity index (χ0n) is 10.9. The molecule has 18 heavy (non-hydrogen) atoms. The summed E-state index contributed by atoms with van der Waals surface area (Å²) in [6.07, 6.45) is 0.747. The topological polar surface area (TPSA) is 24.5 Å². The minimum Gasteiger partial charge on any atom is -0.378 e. The Kier molecular flexibility index (Phi) is 5.11. The van der Waals surface area contributed by atoms with Crippen LogP contribution in [0.5, 0.6) is 0 Å². The Hall–Kier alpha value is -0.970. The van der Waals surface area contributed by atoms with Crippen molar-refractivity contribution in [3.8, 4) is 0 Å². The molecule has 1 aromatic carbocycles. The Balaban J connectivity index is 1.74. The number of halogens is 1. The van der Waals surface area contributed by atoms with E-state index in [1.165, 1.54) is 6.07 Å². The van der Waals surface area contributed by atoms with Gasteiger partial charge in [0.25, 0.3) is 0 Å². The van der Waals surface area contributed by atoms with Crippen LogP contribution in [0.1, 0.15) is 5.56 Å². The predicted octanol–water partition coefficient (Wildman–Crippen LogP) is 1.29. The van der Waals surface area contributed by atoms with Gasteiger partial charge in [-0.25, -0.2) is 4.39 Å². The highest BCUT2D eigenvalue weighted by Crippen LogP contribution is 2.07. The minimum atomic E-state index is -0.106. The first kappa shape index (κ1) is 13.5. The standard InChI is InChI=1S/C14H21FN2O/c1-17(10-13-11-18-9-7-16-13)8-6-12-4-2-3-5-14(12)15/h2-5,13,16H,6-11H2,1H3. The van der Waals surface area contributed by atoms with Gasteiger partial charge in [-0.1, -0.05) is 18.2 Å². The van der Waals surface area contributed by atoms with E-state index in [1.54, 1.807) is 6.07 Å². The predicted molar refractivity (Wildman–Crippen MR) is 70.2 cm³/mol. The quantitative estimate of drug-likeness (QED) is 0.854. The van der Waals surface area contributed by atoms with Gasteiger partial charge in [0, 0.05) is 25.7 Å². The number of nitrogens with zero attached hydrogens (tertiary/aromatic N) is 1. The zero-order valence-corrected chi connectivity index (χ0v) is 10.9. The Bertz CT molecular complexity index is 367. The number of ether oxygens (including phenoxy) is 1.